The van der Waals surface area contributed by atoms with Gasteiger partial charge in [0, 0.05) is 42.3 Å². The molecule has 6 aromatic carbocycles. The predicted octanol–water partition coefficient (Wildman–Crippen LogP) is 12.1. The van der Waals surface area contributed by atoms with Crippen LogP contribution >= 0.6 is 11.3 Å². The van der Waals surface area contributed by atoms with Gasteiger partial charge >= 0.3 is 0 Å². The number of rotatable bonds is 3. The van der Waals surface area contributed by atoms with Gasteiger partial charge in [-0.2, -0.15) is 0 Å². The van der Waals surface area contributed by atoms with Crippen LogP contribution in [0.2, 0.25) is 0 Å². The lowest BCUT2D eigenvalue weighted by atomic mass is 9.43. The van der Waals surface area contributed by atoms with E-state index in [-0.39, 0.29) is 5.41 Å². The summed E-state index contributed by atoms with van der Waals surface area (Å²) in [7, 11) is 0. The molecule has 244 valence electrons. The highest BCUT2D eigenvalue weighted by molar-refractivity contribution is 7.26. The molecule has 5 aliphatic rings. The lowest BCUT2D eigenvalue weighted by molar-refractivity contribution is -0.0399. The van der Waals surface area contributed by atoms with Crippen molar-refractivity contribution in [2.24, 2.45) is 23.7 Å². The lowest BCUT2D eigenvalue weighted by Gasteiger charge is -2.61. The smallest absolute Gasteiger partial charge is 0.165 e. The number of hydrogen-bond donors (Lipinski definition) is 0. The largest absolute Gasteiger partial charge is 0.208 e. The topological polar surface area (TPSA) is 38.7 Å². The van der Waals surface area contributed by atoms with Gasteiger partial charge in [-0.3, -0.25) is 0 Å². The van der Waals surface area contributed by atoms with Crippen LogP contribution in [0.25, 0.3) is 76.2 Å². The second kappa shape index (κ2) is 10.4. The molecule has 4 heteroatoms. The fourth-order valence-electron chi connectivity index (χ4n) is 11.4. The van der Waals surface area contributed by atoms with Crippen LogP contribution in [-0.2, 0) is 5.41 Å². The average molecular weight is 674 g/mol. The number of fused-ring (bicyclic) bond motifs is 8. The van der Waals surface area contributed by atoms with Gasteiger partial charge in [0.15, 0.2) is 17.5 Å². The maximum atomic E-state index is 5.35. The Labute approximate surface area is 301 Å². The van der Waals surface area contributed by atoms with Gasteiger partial charge in [0.2, 0.25) is 0 Å². The standard InChI is InChI=1S/C47H35N3S/c1-2-10-30(11-3-1)44-48-45(50-46(49-44)38-15-8-14-36-35-13-6-7-16-41(35)51-43(36)38)31-17-19-37-40(26-31)47(32-22-27-21-28(24-32)25-33(47)23-27)39-20-18-29-9-4-5-12-34(29)42(37)39/h1-20,26-28,32-33H,21-25H2. The maximum Gasteiger partial charge on any atom is 0.165 e. The molecule has 0 unspecified atom stereocenters. The Hall–Kier alpha value is -5.19. The van der Waals surface area contributed by atoms with Gasteiger partial charge in [0.05, 0.1) is 0 Å². The highest BCUT2D eigenvalue weighted by Crippen LogP contribution is 2.70. The zero-order valence-electron chi connectivity index (χ0n) is 28.2. The van der Waals surface area contributed by atoms with Crippen molar-refractivity contribution in [1.29, 1.82) is 0 Å². The maximum absolute atomic E-state index is 5.35. The first-order chi connectivity index (χ1) is 25.2. The highest BCUT2D eigenvalue weighted by atomic mass is 32.1. The summed E-state index contributed by atoms with van der Waals surface area (Å²) in [5.74, 6) is 5.35. The Morgan fingerprint density at radius 2 is 1.18 bits per heavy atom. The summed E-state index contributed by atoms with van der Waals surface area (Å²) < 4.78 is 2.50. The molecule has 1 spiro atoms. The van der Waals surface area contributed by atoms with Gasteiger partial charge in [0.25, 0.3) is 0 Å². The first-order valence-electron chi connectivity index (χ1n) is 18.6. The van der Waals surface area contributed by atoms with Gasteiger partial charge in [-0.15, -0.1) is 11.3 Å². The average Bonchev–Trinajstić information content (AvgIpc) is 3.71. The second-order valence-electron chi connectivity index (χ2n) is 15.6. The molecule has 4 bridgehead atoms. The molecule has 4 saturated carbocycles. The van der Waals surface area contributed by atoms with E-state index in [9.17, 15) is 0 Å². The molecule has 8 aromatic rings. The molecule has 2 heterocycles. The Morgan fingerprint density at radius 1 is 0.490 bits per heavy atom. The third-order valence-corrected chi connectivity index (χ3v) is 14.3. The van der Waals surface area contributed by atoms with Crippen LogP contribution in [-0.4, -0.2) is 15.0 Å². The summed E-state index contributed by atoms with van der Waals surface area (Å²) in [5.41, 5.74) is 9.21. The van der Waals surface area contributed by atoms with Gasteiger partial charge in [-0.25, -0.2) is 15.0 Å². The van der Waals surface area contributed by atoms with Crippen LogP contribution in [0.15, 0.2) is 127 Å². The number of benzene rings is 6. The Bertz CT molecular complexity index is 2700. The summed E-state index contributed by atoms with van der Waals surface area (Å²) in [6, 6.07) is 46.8. The van der Waals surface area contributed by atoms with E-state index in [2.05, 4.69) is 127 Å². The molecule has 0 saturated heterocycles. The van der Waals surface area contributed by atoms with E-state index in [0.717, 1.165) is 40.2 Å². The monoisotopic (exact) mass is 673 g/mol. The number of thiophene rings is 1. The summed E-state index contributed by atoms with van der Waals surface area (Å²) in [4.78, 5) is 15.8. The minimum Gasteiger partial charge on any atom is -0.208 e. The highest BCUT2D eigenvalue weighted by Gasteiger charge is 2.61. The van der Waals surface area contributed by atoms with Crippen molar-refractivity contribution in [2.45, 2.75) is 37.5 Å². The summed E-state index contributed by atoms with van der Waals surface area (Å²) >= 11 is 1.82. The fraction of sp³-hybridized carbons (Fsp3) is 0.213. The SMILES string of the molecule is c1ccc(-c2nc(-c3ccc4c(c3)C3(c5ccc6ccccc6c5-4)C4CC5CC(C4)CC3C5)nc(-c3cccc4c3sc3ccccc34)n2)cc1. The minimum atomic E-state index is 0.0545. The van der Waals surface area contributed by atoms with Crippen molar-refractivity contribution in [3.05, 3.63) is 139 Å². The van der Waals surface area contributed by atoms with E-state index in [4.69, 9.17) is 15.0 Å². The van der Waals surface area contributed by atoms with Gasteiger partial charge in [0.1, 0.15) is 0 Å². The molecule has 13 rings (SSSR count). The molecule has 0 amide bonds. The zero-order chi connectivity index (χ0) is 33.3. The molecule has 51 heavy (non-hydrogen) atoms. The fourth-order valence-corrected chi connectivity index (χ4v) is 12.6. The van der Waals surface area contributed by atoms with E-state index >= 15 is 0 Å². The van der Waals surface area contributed by atoms with Crippen molar-refractivity contribution < 1.29 is 0 Å². The van der Waals surface area contributed by atoms with E-state index < -0.39 is 0 Å². The van der Waals surface area contributed by atoms with Crippen LogP contribution < -0.4 is 0 Å². The van der Waals surface area contributed by atoms with Gasteiger partial charge in [-0.05, 0) is 107 Å². The van der Waals surface area contributed by atoms with E-state index in [1.165, 1.54) is 79.7 Å². The lowest BCUT2D eigenvalue weighted by Crippen LogP contribution is -2.55. The van der Waals surface area contributed by atoms with Gasteiger partial charge in [-0.1, -0.05) is 109 Å². The quantitative estimate of drug-likeness (QED) is 0.187. The number of nitrogens with zero attached hydrogens (tertiary/aromatic N) is 3. The molecule has 4 fully saturated rings. The van der Waals surface area contributed by atoms with Crippen LogP contribution in [0.4, 0.5) is 0 Å². The molecule has 2 aromatic heterocycles. The van der Waals surface area contributed by atoms with E-state index in [0.29, 0.717) is 17.7 Å². The number of aromatic nitrogens is 3. The van der Waals surface area contributed by atoms with Crippen molar-refractivity contribution in [2.75, 3.05) is 0 Å². The Kier molecular flexibility index (Phi) is 5.83. The van der Waals surface area contributed by atoms with Crippen LogP contribution in [0, 0.1) is 23.7 Å². The zero-order valence-corrected chi connectivity index (χ0v) is 29.0. The molecular weight excluding hydrogens is 639 g/mol. The normalized spacial score (nSPS) is 24.2. The van der Waals surface area contributed by atoms with E-state index in [1.807, 2.05) is 11.3 Å². The van der Waals surface area contributed by atoms with Crippen LogP contribution in [0.3, 0.4) is 0 Å². The predicted molar refractivity (Wildman–Crippen MR) is 210 cm³/mol. The van der Waals surface area contributed by atoms with Crippen molar-refractivity contribution in [1.82, 2.24) is 15.0 Å². The van der Waals surface area contributed by atoms with Crippen LogP contribution in [0.5, 0.6) is 0 Å². The van der Waals surface area contributed by atoms with Gasteiger partial charge < -0.3 is 0 Å². The summed E-state index contributed by atoms with van der Waals surface area (Å²) in [6.45, 7) is 0. The van der Waals surface area contributed by atoms with Crippen LogP contribution in [0.1, 0.15) is 43.2 Å². The molecule has 0 atom stereocenters. The van der Waals surface area contributed by atoms with E-state index in [1.54, 1.807) is 5.56 Å². The third kappa shape index (κ3) is 3.92. The second-order valence-corrected chi connectivity index (χ2v) is 16.6. The van der Waals surface area contributed by atoms with Crippen molar-refractivity contribution in [3.63, 3.8) is 0 Å². The summed E-state index contributed by atoms with van der Waals surface area (Å²) in [6.07, 6.45) is 6.88. The molecule has 0 aliphatic heterocycles. The molecule has 0 radical (unpaired) electrons. The Balaban J connectivity index is 1.10. The first-order valence-corrected chi connectivity index (χ1v) is 19.4. The van der Waals surface area contributed by atoms with Crippen molar-refractivity contribution >= 4 is 42.3 Å². The minimum absolute atomic E-state index is 0.0545. The third-order valence-electron chi connectivity index (χ3n) is 13.1. The molecule has 0 N–H and O–H groups in total. The Morgan fingerprint density at radius 3 is 2.00 bits per heavy atom. The number of hydrogen-bond acceptors (Lipinski definition) is 4. The summed E-state index contributed by atoms with van der Waals surface area (Å²) in [5, 5.41) is 5.25. The first kappa shape index (κ1) is 28.5. The molecular formula is C47H35N3S. The molecule has 3 nitrogen and oxygen atoms in total. The van der Waals surface area contributed by atoms with Crippen molar-refractivity contribution in [3.8, 4) is 45.3 Å². The molecule has 5 aliphatic carbocycles.